The quantitative estimate of drug-likeness (QED) is 0.412. The largest absolute Gasteiger partial charge is 0.338 e. The molecule has 29 heavy (non-hydrogen) atoms. The zero-order valence-electron chi connectivity index (χ0n) is 16.7. The standard InChI is InChI=1S/C21H30N6O2/c28-20(26-16-18-10-4-8-12-22-18)24-14-6-2-1-3-7-15-25-21(29)27-17-19-11-5-9-13-23-19/h4-5,8-13H,1-3,6-7,14-17H2,(H2,24,26,28)(H2,25,27,29). The van der Waals surface area contributed by atoms with Crippen LogP contribution in [0, 0.1) is 0 Å². The minimum absolute atomic E-state index is 0.170. The maximum atomic E-state index is 11.7. The van der Waals surface area contributed by atoms with Crippen LogP contribution < -0.4 is 21.3 Å². The van der Waals surface area contributed by atoms with E-state index in [0.29, 0.717) is 26.2 Å². The van der Waals surface area contributed by atoms with Crippen molar-refractivity contribution in [3.8, 4) is 0 Å². The molecule has 8 nitrogen and oxygen atoms in total. The Kier molecular flexibility index (Phi) is 10.6. The van der Waals surface area contributed by atoms with E-state index in [1.54, 1.807) is 12.4 Å². The van der Waals surface area contributed by atoms with Crippen molar-refractivity contribution >= 4 is 12.1 Å². The highest BCUT2D eigenvalue weighted by Gasteiger charge is 2.01. The predicted octanol–water partition coefficient (Wildman–Crippen LogP) is 2.73. The fourth-order valence-corrected chi connectivity index (χ4v) is 2.66. The third kappa shape index (κ3) is 10.7. The maximum Gasteiger partial charge on any atom is 0.315 e. The van der Waals surface area contributed by atoms with Crippen LogP contribution in [0.2, 0.25) is 0 Å². The number of rotatable bonds is 12. The van der Waals surface area contributed by atoms with Crippen LogP contribution in [-0.4, -0.2) is 35.1 Å². The molecule has 2 aromatic heterocycles. The zero-order chi connectivity index (χ0) is 20.6. The van der Waals surface area contributed by atoms with Gasteiger partial charge < -0.3 is 21.3 Å². The number of aromatic nitrogens is 2. The van der Waals surface area contributed by atoms with Crippen molar-refractivity contribution in [3.05, 3.63) is 60.2 Å². The van der Waals surface area contributed by atoms with Crippen molar-refractivity contribution in [2.75, 3.05) is 13.1 Å². The van der Waals surface area contributed by atoms with Crippen LogP contribution in [0.4, 0.5) is 9.59 Å². The minimum Gasteiger partial charge on any atom is -0.338 e. The first kappa shape index (κ1) is 22.1. The fourth-order valence-electron chi connectivity index (χ4n) is 2.66. The number of nitrogens with one attached hydrogen (secondary N) is 4. The molecule has 0 radical (unpaired) electrons. The fraction of sp³-hybridized carbons (Fsp3) is 0.429. The van der Waals surface area contributed by atoms with Gasteiger partial charge in [-0.1, -0.05) is 31.4 Å². The zero-order valence-corrected chi connectivity index (χ0v) is 16.7. The van der Waals surface area contributed by atoms with Gasteiger partial charge in [0.25, 0.3) is 0 Å². The molecule has 4 N–H and O–H groups in total. The highest BCUT2D eigenvalue weighted by Crippen LogP contribution is 2.01. The lowest BCUT2D eigenvalue weighted by Crippen LogP contribution is -2.35. The summed E-state index contributed by atoms with van der Waals surface area (Å²) in [5, 5.41) is 11.3. The van der Waals surface area contributed by atoms with Crippen LogP contribution in [0.3, 0.4) is 0 Å². The third-order valence-corrected chi connectivity index (χ3v) is 4.24. The summed E-state index contributed by atoms with van der Waals surface area (Å²) in [5.41, 5.74) is 1.67. The Balaban J connectivity index is 1.36. The highest BCUT2D eigenvalue weighted by molar-refractivity contribution is 5.74. The summed E-state index contributed by atoms with van der Waals surface area (Å²) in [6, 6.07) is 10.9. The smallest absolute Gasteiger partial charge is 0.315 e. The molecule has 0 aromatic carbocycles. The number of carbonyl (C=O) groups excluding carboxylic acids is 2. The Morgan fingerprint density at radius 1 is 0.621 bits per heavy atom. The molecule has 0 unspecified atom stereocenters. The molecule has 2 heterocycles. The number of unbranched alkanes of at least 4 members (excludes halogenated alkanes) is 4. The number of pyridine rings is 2. The molecule has 156 valence electrons. The molecule has 0 fully saturated rings. The first-order valence-corrected chi connectivity index (χ1v) is 10.1. The minimum atomic E-state index is -0.170. The van der Waals surface area contributed by atoms with Crippen molar-refractivity contribution < 1.29 is 9.59 Å². The molecule has 0 spiro atoms. The Labute approximate surface area is 171 Å². The van der Waals surface area contributed by atoms with Crippen LogP contribution in [0.1, 0.15) is 43.5 Å². The second-order valence-electron chi connectivity index (χ2n) is 6.63. The molecule has 0 aliphatic rings. The maximum absolute atomic E-state index is 11.7. The second kappa shape index (κ2) is 13.9. The van der Waals surface area contributed by atoms with Gasteiger partial charge in [0.1, 0.15) is 0 Å². The molecule has 0 saturated heterocycles. The second-order valence-corrected chi connectivity index (χ2v) is 6.63. The van der Waals surface area contributed by atoms with Gasteiger partial charge in [-0.05, 0) is 37.1 Å². The average molecular weight is 399 g/mol. The summed E-state index contributed by atoms with van der Waals surface area (Å²) >= 11 is 0. The molecule has 4 amide bonds. The Morgan fingerprint density at radius 3 is 1.48 bits per heavy atom. The van der Waals surface area contributed by atoms with E-state index in [9.17, 15) is 9.59 Å². The van der Waals surface area contributed by atoms with E-state index >= 15 is 0 Å². The monoisotopic (exact) mass is 398 g/mol. The van der Waals surface area contributed by atoms with Crippen LogP contribution in [-0.2, 0) is 13.1 Å². The molecule has 8 heteroatoms. The normalized spacial score (nSPS) is 10.2. The molecule has 0 bridgehead atoms. The Morgan fingerprint density at radius 2 is 1.07 bits per heavy atom. The Bertz CT molecular complexity index is 650. The summed E-state index contributed by atoms with van der Waals surface area (Å²) in [6.45, 7) is 2.16. The van der Waals surface area contributed by atoms with Crippen molar-refractivity contribution in [2.45, 2.75) is 45.2 Å². The lowest BCUT2D eigenvalue weighted by molar-refractivity contribution is 0.239. The number of urea groups is 2. The first-order chi connectivity index (χ1) is 14.2. The third-order valence-electron chi connectivity index (χ3n) is 4.24. The van der Waals surface area contributed by atoms with Gasteiger partial charge in [-0.2, -0.15) is 0 Å². The van der Waals surface area contributed by atoms with Gasteiger partial charge in [-0.25, -0.2) is 9.59 Å². The SMILES string of the molecule is O=C(NCCCCCCCNC(=O)NCc1ccccn1)NCc1ccccn1. The van der Waals surface area contributed by atoms with E-state index in [4.69, 9.17) is 0 Å². The van der Waals surface area contributed by atoms with Gasteiger partial charge in [0.2, 0.25) is 0 Å². The number of nitrogens with zero attached hydrogens (tertiary/aromatic N) is 2. The number of hydrogen-bond donors (Lipinski definition) is 4. The number of amides is 4. The molecule has 0 atom stereocenters. The van der Waals surface area contributed by atoms with Crippen molar-refractivity contribution in [2.24, 2.45) is 0 Å². The molecule has 0 aliphatic carbocycles. The van der Waals surface area contributed by atoms with Gasteiger partial charge in [-0.15, -0.1) is 0 Å². The topological polar surface area (TPSA) is 108 Å². The van der Waals surface area contributed by atoms with E-state index in [-0.39, 0.29) is 12.1 Å². The van der Waals surface area contributed by atoms with Crippen LogP contribution >= 0.6 is 0 Å². The van der Waals surface area contributed by atoms with Gasteiger partial charge in [0, 0.05) is 25.5 Å². The molecule has 0 aliphatic heterocycles. The van der Waals surface area contributed by atoms with E-state index in [1.807, 2.05) is 36.4 Å². The lowest BCUT2D eigenvalue weighted by atomic mass is 10.1. The van der Waals surface area contributed by atoms with E-state index in [2.05, 4.69) is 31.2 Å². The van der Waals surface area contributed by atoms with Crippen molar-refractivity contribution in [3.63, 3.8) is 0 Å². The number of carbonyl (C=O) groups is 2. The Hall–Kier alpha value is -3.16. The van der Waals surface area contributed by atoms with E-state index < -0.39 is 0 Å². The summed E-state index contributed by atoms with van der Waals surface area (Å²) in [7, 11) is 0. The predicted molar refractivity (Wildman–Crippen MR) is 112 cm³/mol. The van der Waals surface area contributed by atoms with E-state index in [1.165, 1.54) is 0 Å². The van der Waals surface area contributed by atoms with Crippen molar-refractivity contribution in [1.29, 1.82) is 0 Å². The average Bonchev–Trinajstić information content (AvgIpc) is 2.76. The number of hydrogen-bond acceptors (Lipinski definition) is 4. The van der Waals surface area contributed by atoms with Gasteiger partial charge >= 0.3 is 12.1 Å². The summed E-state index contributed by atoms with van der Waals surface area (Å²) < 4.78 is 0. The summed E-state index contributed by atoms with van der Waals surface area (Å²) in [5.74, 6) is 0. The van der Waals surface area contributed by atoms with Gasteiger partial charge in [-0.3, -0.25) is 9.97 Å². The summed E-state index contributed by atoms with van der Waals surface area (Å²) in [4.78, 5) is 31.7. The van der Waals surface area contributed by atoms with Gasteiger partial charge in [0.05, 0.1) is 24.5 Å². The molecular formula is C21H30N6O2. The summed E-state index contributed by atoms with van der Waals surface area (Å²) in [6.07, 6.45) is 8.47. The van der Waals surface area contributed by atoms with Crippen LogP contribution in [0.15, 0.2) is 48.8 Å². The highest BCUT2D eigenvalue weighted by atomic mass is 16.2. The van der Waals surface area contributed by atoms with Crippen molar-refractivity contribution in [1.82, 2.24) is 31.2 Å². The molecule has 2 rings (SSSR count). The molecule has 0 saturated carbocycles. The van der Waals surface area contributed by atoms with Crippen LogP contribution in [0.25, 0.3) is 0 Å². The van der Waals surface area contributed by atoms with Crippen LogP contribution in [0.5, 0.6) is 0 Å². The van der Waals surface area contributed by atoms with Gasteiger partial charge in [0.15, 0.2) is 0 Å². The molecule has 2 aromatic rings. The first-order valence-electron chi connectivity index (χ1n) is 10.1. The van der Waals surface area contributed by atoms with E-state index in [0.717, 1.165) is 43.5 Å². The lowest BCUT2D eigenvalue weighted by Gasteiger charge is -2.08. The molecular weight excluding hydrogens is 368 g/mol.